The van der Waals surface area contributed by atoms with Crippen molar-refractivity contribution < 1.29 is 0 Å². The van der Waals surface area contributed by atoms with Gasteiger partial charge in [-0.05, 0) is 38.8 Å². The molecule has 0 aliphatic carbocycles. The number of rotatable bonds is 1. The lowest BCUT2D eigenvalue weighted by molar-refractivity contribution is 1.47. The quantitative estimate of drug-likeness (QED) is 0.459. The minimum atomic E-state index is 1.32. The van der Waals surface area contributed by atoms with E-state index in [-0.39, 0.29) is 0 Å². The van der Waals surface area contributed by atoms with Crippen LogP contribution < -0.4 is 0 Å². The summed E-state index contributed by atoms with van der Waals surface area (Å²) in [6, 6.07) is 8.89. The fourth-order valence-electron chi connectivity index (χ4n) is 2.31. The van der Waals surface area contributed by atoms with Crippen LogP contribution in [0.5, 0.6) is 0 Å². The Morgan fingerprint density at radius 1 is 0.700 bits per heavy atom. The van der Waals surface area contributed by atoms with Gasteiger partial charge in [-0.25, -0.2) is 0 Å². The molecule has 20 heavy (non-hydrogen) atoms. The van der Waals surface area contributed by atoms with Crippen molar-refractivity contribution in [3.8, 4) is 11.1 Å². The standard InChI is InChI=1S/C16H16S2.C2H6/c1-9-5-7-13(8-6-9)14-12(4)18-15-10(2)11(3)17-16(14)15;1-2/h5-8H,1-4H3;1-2H3. The molecule has 0 atom stereocenters. The smallest absolute Gasteiger partial charge is 0.0537 e. The Kier molecular flexibility index (Phi) is 4.66. The zero-order valence-corrected chi connectivity index (χ0v) is 14.8. The number of hydrogen-bond donors (Lipinski definition) is 0. The highest BCUT2D eigenvalue weighted by Crippen LogP contribution is 2.45. The van der Waals surface area contributed by atoms with E-state index < -0.39 is 0 Å². The summed E-state index contributed by atoms with van der Waals surface area (Å²) in [6.07, 6.45) is 0. The van der Waals surface area contributed by atoms with E-state index in [0.717, 1.165) is 0 Å². The van der Waals surface area contributed by atoms with Crippen LogP contribution in [-0.4, -0.2) is 0 Å². The molecule has 0 saturated heterocycles. The number of hydrogen-bond acceptors (Lipinski definition) is 2. The molecule has 0 fully saturated rings. The molecular formula is C18H22S2. The van der Waals surface area contributed by atoms with Gasteiger partial charge >= 0.3 is 0 Å². The largest absolute Gasteiger partial charge is 0.139 e. The van der Waals surface area contributed by atoms with Gasteiger partial charge in [0.15, 0.2) is 0 Å². The average Bonchev–Trinajstić information content (AvgIpc) is 2.90. The summed E-state index contributed by atoms with van der Waals surface area (Å²) in [5.74, 6) is 0. The van der Waals surface area contributed by atoms with E-state index in [1.54, 1.807) is 0 Å². The molecule has 106 valence electrons. The predicted octanol–water partition coefficient (Wildman–Crippen LogP) is 6.89. The van der Waals surface area contributed by atoms with E-state index in [0.29, 0.717) is 0 Å². The second-order valence-electron chi connectivity index (χ2n) is 4.84. The van der Waals surface area contributed by atoms with Crippen LogP contribution >= 0.6 is 22.7 Å². The van der Waals surface area contributed by atoms with Gasteiger partial charge in [0, 0.05) is 20.0 Å². The molecule has 0 bridgehead atoms. The van der Waals surface area contributed by atoms with Crippen LogP contribution in [0, 0.1) is 27.7 Å². The van der Waals surface area contributed by atoms with Gasteiger partial charge in [-0.15, -0.1) is 22.7 Å². The van der Waals surface area contributed by atoms with Gasteiger partial charge in [-0.1, -0.05) is 43.7 Å². The summed E-state index contributed by atoms with van der Waals surface area (Å²) < 4.78 is 2.95. The number of fused-ring (bicyclic) bond motifs is 1. The fourth-order valence-corrected chi connectivity index (χ4v) is 5.00. The molecule has 0 N–H and O–H groups in total. The van der Waals surface area contributed by atoms with E-state index in [1.165, 1.54) is 41.4 Å². The lowest BCUT2D eigenvalue weighted by Gasteiger charge is -2.01. The zero-order chi connectivity index (χ0) is 14.9. The van der Waals surface area contributed by atoms with Crippen LogP contribution in [0.25, 0.3) is 20.5 Å². The van der Waals surface area contributed by atoms with Crippen molar-refractivity contribution in [3.63, 3.8) is 0 Å². The Hall–Kier alpha value is -1.12. The summed E-state index contributed by atoms with van der Waals surface area (Å²) in [5, 5.41) is 0. The molecule has 0 nitrogen and oxygen atoms in total. The topological polar surface area (TPSA) is 0 Å². The Balaban J connectivity index is 0.000000704. The van der Waals surface area contributed by atoms with Gasteiger partial charge in [-0.3, -0.25) is 0 Å². The first-order chi connectivity index (χ1) is 9.58. The molecule has 0 aliphatic rings. The van der Waals surface area contributed by atoms with Crippen molar-refractivity contribution >= 4 is 32.1 Å². The third-order valence-corrected chi connectivity index (χ3v) is 6.08. The van der Waals surface area contributed by atoms with Crippen molar-refractivity contribution in [1.82, 2.24) is 0 Å². The van der Waals surface area contributed by atoms with Crippen molar-refractivity contribution in [3.05, 3.63) is 45.1 Å². The Labute approximate surface area is 130 Å². The van der Waals surface area contributed by atoms with Gasteiger partial charge in [0.2, 0.25) is 0 Å². The van der Waals surface area contributed by atoms with Crippen molar-refractivity contribution in [2.24, 2.45) is 0 Å². The SMILES string of the molecule is CC.Cc1ccc(-c2c(C)sc3c(C)c(C)sc23)cc1. The summed E-state index contributed by atoms with van der Waals surface area (Å²) in [7, 11) is 0. The maximum absolute atomic E-state index is 2.24. The molecule has 0 saturated carbocycles. The van der Waals surface area contributed by atoms with E-state index in [1.807, 2.05) is 36.5 Å². The molecule has 0 aliphatic heterocycles. The molecule has 2 heterocycles. The molecule has 0 amide bonds. The van der Waals surface area contributed by atoms with Gasteiger partial charge < -0.3 is 0 Å². The normalized spacial score (nSPS) is 10.5. The fraction of sp³-hybridized carbons (Fsp3) is 0.333. The van der Waals surface area contributed by atoms with Gasteiger partial charge in [0.25, 0.3) is 0 Å². The van der Waals surface area contributed by atoms with E-state index >= 15 is 0 Å². The van der Waals surface area contributed by atoms with E-state index in [2.05, 4.69) is 52.0 Å². The molecule has 2 aromatic heterocycles. The van der Waals surface area contributed by atoms with Crippen LogP contribution in [0.4, 0.5) is 0 Å². The number of benzene rings is 1. The summed E-state index contributed by atoms with van der Waals surface area (Å²) in [4.78, 5) is 2.88. The van der Waals surface area contributed by atoms with Crippen molar-refractivity contribution in [1.29, 1.82) is 0 Å². The molecule has 3 aromatic rings. The monoisotopic (exact) mass is 302 g/mol. The van der Waals surface area contributed by atoms with Crippen molar-refractivity contribution in [2.75, 3.05) is 0 Å². The number of aryl methyl sites for hydroxylation is 4. The zero-order valence-electron chi connectivity index (χ0n) is 13.1. The van der Waals surface area contributed by atoms with Crippen LogP contribution in [0.15, 0.2) is 24.3 Å². The molecule has 0 unspecified atom stereocenters. The number of thiophene rings is 2. The van der Waals surface area contributed by atoms with Gasteiger partial charge in [0.1, 0.15) is 0 Å². The average molecular weight is 303 g/mol. The highest BCUT2D eigenvalue weighted by atomic mass is 32.1. The second kappa shape index (κ2) is 6.11. The first-order valence-corrected chi connectivity index (χ1v) is 8.77. The molecule has 1 aromatic carbocycles. The minimum absolute atomic E-state index is 1.32. The third-order valence-electron chi connectivity index (χ3n) is 3.50. The minimum Gasteiger partial charge on any atom is -0.139 e. The highest BCUT2D eigenvalue weighted by Gasteiger charge is 2.16. The van der Waals surface area contributed by atoms with E-state index in [9.17, 15) is 0 Å². The maximum atomic E-state index is 2.24. The van der Waals surface area contributed by atoms with Crippen LogP contribution in [0.2, 0.25) is 0 Å². The summed E-state index contributed by atoms with van der Waals surface area (Å²) >= 11 is 3.87. The Bertz CT molecular complexity index is 712. The molecule has 0 spiro atoms. The third kappa shape index (κ3) is 2.55. The van der Waals surface area contributed by atoms with Gasteiger partial charge in [-0.2, -0.15) is 0 Å². The van der Waals surface area contributed by atoms with Crippen LogP contribution in [0.1, 0.15) is 34.7 Å². The lowest BCUT2D eigenvalue weighted by atomic mass is 10.0. The Morgan fingerprint density at radius 2 is 1.25 bits per heavy atom. The highest BCUT2D eigenvalue weighted by molar-refractivity contribution is 7.29. The maximum Gasteiger partial charge on any atom is 0.0537 e. The molecular weight excluding hydrogens is 280 g/mol. The first kappa shape index (κ1) is 15.3. The van der Waals surface area contributed by atoms with Crippen LogP contribution in [0.3, 0.4) is 0 Å². The van der Waals surface area contributed by atoms with Crippen molar-refractivity contribution in [2.45, 2.75) is 41.5 Å². The second-order valence-corrected chi connectivity index (χ2v) is 7.29. The first-order valence-electron chi connectivity index (χ1n) is 7.14. The summed E-state index contributed by atoms with van der Waals surface area (Å²) in [5.41, 5.74) is 5.57. The van der Waals surface area contributed by atoms with Gasteiger partial charge in [0.05, 0.1) is 4.70 Å². The van der Waals surface area contributed by atoms with Crippen LogP contribution in [-0.2, 0) is 0 Å². The summed E-state index contributed by atoms with van der Waals surface area (Å²) in [6.45, 7) is 12.8. The molecule has 0 radical (unpaired) electrons. The van der Waals surface area contributed by atoms with E-state index in [4.69, 9.17) is 0 Å². The molecule has 2 heteroatoms. The lowest BCUT2D eigenvalue weighted by Crippen LogP contribution is -1.77. The Morgan fingerprint density at radius 3 is 1.85 bits per heavy atom. The molecule has 3 rings (SSSR count). The predicted molar refractivity (Wildman–Crippen MR) is 95.4 cm³/mol.